The van der Waals surface area contributed by atoms with E-state index in [0.717, 1.165) is 23.1 Å². The summed E-state index contributed by atoms with van der Waals surface area (Å²) >= 11 is 0. The minimum atomic E-state index is 0.673. The van der Waals surface area contributed by atoms with Crippen LogP contribution in [0.3, 0.4) is 0 Å². The summed E-state index contributed by atoms with van der Waals surface area (Å²) in [4.78, 5) is 15.0. The Morgan fingerprint density at radius 2 is 1.00 bits per heavy atom. The van der Waals surface area contributed by atoms with Gasteiger partial charge in [-0.1, -0.05) is 121 Å². The van der Waals surface area contributed by atoms with Crippen LogP contribution < -0.4 is 0 Å². The van der Waals surface area contributed by atoms with E-state index in [1.807, 2.05) is 36.4 Å². The fourth-order valence-corrected chi connectivity index (χ4v) is 6.70. The third-order valence-electron chi connectivity index (χ3n) is 8.67. The van der Waals surface area contributed by atoms with Gasteiger partial charge in [-0.05, 0) is 52.9 Å². The third-order valence-corrected chi connectivity index (χ3v) is 8.67. The topological polar surface area (TPSA) is 43.6 Å². The Balaban J connectivity index is 1.21. The molecule has 0 atom stereocenters. The quantitative estimate of drug-likeness (QED) is 0.215. The van der Waals surface area contributed by atoms with Crippen LogP contribution in [-0.2, 0) is 6.42 Å². The Hall–Kier alpha value is -5.87. The summed E-state index contributed by atoms with van der Waals surface area (Å²) in [6.07, 6.45) is 0.867. The lowest BCUT2D eigenvalue weighted by atomic mass is 9.98. The summed E-state index contributed by atoms with van der Waals surface area (Å²) in [6, 6.07) is 51.0. The van der Waals surface area contributed by atoms with E-state index < -0.39 is 0 Å². The molecule has 1 aliphatic carbocycles. The molecule has 0 aliphatic heterocycles. The summed E-state index contributed by atoms with van der Waals surface area (Å²) in [5.41, 5.74) is 11.6. The molecule has 4 heteroatoms. The Labute approximate surface area is 255 Å². The molecule has 1 aliphatic rings. The zero-order chi connectivity index (χ0) is 29.0. The summed E-state index contributed by atoms with van der Waals surface area (Å²) < 4.78 is 2.39. The van der Waals surface area contributed by atoms with Crippen LogP contribution >= 0.6 is 0 Å². The van der Waals surface area contributed by atoms with E-state index in [1.165, 1.54) is 49.7 Å². The minimum absolute atomic E-state index is 0.673. The van der Waals surface area contributed by atoms with Crippen LogP contribution in [0.15, 0.2) is 146 Å². The van der Waals surface area contributed by atoms with E-state index in [-0.39, 0.29) is 0 Å². The monoisotopic (exact) mass is 562 g/mol. The highest BCUT2D eigenvalue weighted by molar-refractivity contribution is 6.09. The van der Waals surface area contributed by atoms with Crippen molar-refractivity contribution in [3.63, 3.8) is 0 Å². The van der Waals surface area contributed by atoms with Gasteiger partial charge in [-0.2, -0.15) is 0 Å². The summed E-state index contributed by atoms with van der Waals surface area (Å²) in [7, 11) is 0. The molecule has 0 saturated heterocycles. The van der Waals surface area contributed by atoms with Crippen LogP contribution in [0.1, 0.15) is 11.1 Å². The molecule has 6 aromatic carbocycles. The van der Waals surface area contributed by atoms with Crippen LogP contribution in [0.4, 0.5) is 0 Å². The SMILES string of the molecule is c1ccc(-c2nc(-c3ccccc3)nc(-c3cccc4c3-c3ccc(-n5c6ccccc6c6ccccc65)cc3C4)n2)cc1. The maximum Gasteiger partial charge on any atom is 0.164 e. The smallest absolute Gasteiger partial charge is 0.164 e. The number of fused-ring (bicyclic) bond motifs is 6. The van der Waals surface area contributed by atoms with E-state index in [4.69, 9.17) is 15.0 Å². The first-order chi connectivity index (χ1) is 21.8. The fourth-order valence-electron chi connectivity index (χ4n) is 6.70. The predicted molar refractivity (Wildman–Crippen MR) is 179 cm³/mol. The van der Waals surface area contributed by atoms with Gasteiger partial charge < -0.3 is 4.57 Å². The van der Waals surface area contributed by atoms with E-state index in [9.17, 15) is 0 Å². The Bertz CT molecular complexity index is 2240. The number of benzene rings is 6. The number of hydrogen-bond acceptors (Lipinski definition) is 3. The van der Waals surface area contributed by atoms with Crippen molar-refractivity contribution in [2.45, 2.75) is 6.42 Å². The van der Waals surface area contributed by atoms with Crippen molar-refractivity contribution in [2.24, 2.45) is 0 Å². The van der Waals surface area contributed by atoms with Crippen LogP contribution in [0.25, 0.3) is 72.8 Å². The van der Waals surface area contributed by atoms with Crippen LogP contribution in [0, 0.1) is 0 Å². The van der Waals surface area contributed by atoms with Crippen molar-refractivity contribution in [3.8, 4) is 51.0 Å². The molecule has 206 valence electrons. The van der Waals surface area contributed by atoms with E-state index >= 15 is 0 Å². The first-order valence-corrected chi connectivity index (χ1v) is 14.9. The molecular weight excluding hydrogens is 536 g/mol. The maximum atomic E-state index is 5.05. The summed E-state index contributed by atoms with van der Waals surface area (Å²) in [5.74, 6) is 2.04. The second-order valence-corrected chi connectivity index (χ2v) is 11.3. The molecule has 0 radical (unpaired) electrons. The van der Waals surface area contributed by atoms with Gasteiger partial charge in [0.25, 0.3) is 0 Å². The highest BCUT2D eigenvalue weighted by atomic mass is 15.0. The van der Waals surface area contributed by atoms with E-state index in [2.05, 4.69) is 114 Å². The number of nitrogens with zero attached hydrogens (tertiary/aromatic N) is 4. The number of hydrogen-bond donors (Lipinski definition) is 0. The highest BCUT2D eigenvalue weighted by Crippen LogP contribution is 2.44. The van der Waals surface area contributed by atoms with Gasteiger partial charge in [0.1, 0.15) is 0 Å². The van der Waals surface area contributed by atoms with Gasteiger partial charge in [-0.15, -0.1) is 0 Å². The summed E-state index contributed by atoms with van der Waals surface area (Å²) in [6.45, 7) is 0. The average Bonchev–Trinajstić information content (AvgIpc) is 3.64. The largest absolute Gasteiger partial charge is 0.309 e. The highest BCUT2D eigenvalue weighted by Gasteiger charge is 2.25. The minimum Gasteiger partial charge on any atom is -0.309 e. The van der Waals surface area contributed by atoms with Gasteiger partial charge in [0.15, 0.2) is 17.5 Å². The Morgan fingerprint density at radius 1 is 0.432 bits per heavy atom. The second-order valence-electron chi connectivity index (χ2n) is 11.3. The molecule has 8 aromatic rings. The Morgan fingerprint density at radius 3 is 1.64 bits per heavy atom. The van der Waals surface area contributed by atoms with Gasteiger partial charge in [0, 0.05) is 33.2 Å². The van der Waals surface area contributed by atoms with Crippen molar-refractivity contribution in [1.82, 2.24) is 19.5 Å². The van der Waals surface area contributed by atoms with Crippen LogP contribution in [0.2, 0.25) is 0 Å². The molecule has 9 rings (SSSR count). The lowest BCUT2D eigenvalue weighted by Crippen LogP contribution is -2.01. The molecule has 0 N–H and O–H groups in total. The average molecular weight is 563 g/mol. The molecule has 2 aromatic heterocycles. The predicted octanol–water partition coefficient (Wildman–Crippen LogP) is 9.54. The van der Waals surface area contributed by atoms with Crippen molar-refractivity contribution >= 4 is 21.8 Å². The zero-order valence-corrected chi connectivity index (χ0v) is 23.9. The van der Waals surface area contributed by atoms with Crippen LogP contribution in [-0.4, -0.2) is 19.5 Å². The molecule has 0 unspecified atom stereocenters. The molecule has 2 heterocycles. The second kappa shape index (κ2) is 9.85. The van der Waals surface area contributed by atoms with Crippen LogP contribution in [0.5, 0.6) is 0 Å². The fraction of sp³-hybridized carbons (Fsp3) is 0.0250. The van der Waals surface area contributed by atoms with E-state index in [1.54, 1.807) is 0 Å². The molecule has 44 heavy (non-hydrogen) atoms. The van der Waals surface area contributed by atoms with Crippen molar-refractivity contribution in [2.75, 3.05) is 0 Å². The third kappa shape index (κ3) is 3.89. The number of aromatic nitrogens is 4. The number of rotatable bonds is 4. The summed E-state index contributed by atoms with van der Waals surface area (Å²) in [5, 5.41) is 2.54. The zero-order valence-electron chi connectivity index (χ0n) is 23.9. The van der Waals surface area contributed by atoms with E-state index in [0.29, 0.717) is 17.5 Å². The molecule has 0 saturated carbocycles. The van der Waals surface area contributed by atoms with Gasteiger partial charge in [-0.25, -0.2) is 15.0 Å². The molecule has 0 fully saturated rings. The lowest BCUT2D eigenvalue weighted by Gasteiger charge is -2.13. The first-order valence-electron chi connectivity index (χ1n) is 14.9. The molecule has 4 nitrogen and oxygen atoms in total. The normalized spacial score (nSPS) is 12.0. The maximum absolute atomic E-state index is 5.05. The first kappa shape index (κ1) is 24.7. The van der Waals surface area contributed by atoms with Gasteiger partial charge in [0.05, 0.1) is 11.0 Å². The van der Waals surface area contributed by atoms with Gasteiger partial charge in [-0.3, -0.25) is 0 Å². The van der Waals surface area contributed by atoms with Gasteiger partial charge in [0.2, 0.25) is 0 Å². The Kier molecular flexibility index (Phi) is 5.53. The number of para-hydroxylation sites is 2. The molecule has 0 amide bonds. The lowest BCUT2D eigenvalue weighted by molar-refractivity contribution is 1.07. The van der Waals surface area contributed by atoms with Crippen molar-refractivity contribution in [3.05, 3.63) is 157 Å². The van der Waals surface area contributed by atoms with Crippen molar-refractivity contribution < 1.29 is 0 Å². The van der Waals surface area contributed by atoms with Crippen molar-refractivity contribution in [1.29, 1.82) is 0 Å². The standard InChI is InChI=1S/C40H26N4/c1-3-12-26(13-4-1)38-41-39(27-14-5-2-6-15-27)43-40(42-38)34-19-11-16-28-24-29-25-30(22-23-31(29)37(28)34)44-35-20-9-7-17-32(35)33-18-8-10-21-36(33)44/h1-23,25H,24H2. The molecule has 0 bridgehead atoms. The molecule has 0 spiro atoms. The molecular formula is C40H26N4. The van der Waals surface area contributed by atoms with Gasteiger partial charge >= 0.3 is 0 Å².